The molecule has 2 fully saturated rings. The van der Waals surface area contributed by atoms with Gasteiger partial charge >= 0.3 is 0 Å². The lowest BCUT2D eigenvalue weighted by Gasteiger charge is -2.21. The van der Waals surface area contributed by atoms with Gasteiger partial charge in [-0.05, 0) is 37.3 Å². The van der Waals surface area contributed by atoms with Crippen molar-refractivity contribution in [2.75, 3.05) is 38.9 Å². The first-order valence-corrected chi connectivity index (χ1v) is 14.2. The second kappa shape index (κ2) is 15.5. The van der Waals surface area contributed by atoms with Crippen molar-refractivity contribution in [2.24, 2.45) is 16.1 Å². The molecule has 0 bridgehead atoms. The summed E-state index contributed by atoms with van der Waals surface area (Å²) >= 11 is 6.24. The topological polar surface area (TPSA) is 208 Å². The van der Waals surface area contributed by atoms with Crippen molar-refractivity contribution in [3.8, 4) is 0 Å². The molecule has 4 rings (SSSR count). The van der Waals surface area contributed by atoms with Gasteiger partial charge in [-0.15, -0.1) is 5.11 Å². The molecule has 17 heteroatoms. The van der Waals surface area contributed by atoms with Gasteiger partial charge in [-0.1, -0.05) is 12.8 Å². The number of aliphatic hydroxyl groups is 1. The molecule has 1 aliphatic carbocycles. The fourth-order valence-corrected chi connectivity index (χ4v) is 4.94. The summed E-state index contributed by atoms with van der Waals surface area (Å²) < 4.78 is 24.5. The first-order valence-electron chi connectivity index (χ1n) is 12.2. The number of amidine groups is 1. The number of rotatable bonds is 12. The Balaban J connectivity index is 0.00000195. The van der Waals surface area contributed by atoms with E-state index in [4.69, 9.17) is 46.8 Å². The number of nitrogens with one attached hydrogen (secondary N) is 2. The van der Waals surface area contributed by atoms with Crippen LogP contribution in [0.2, 0.25) is 5.28 Å². The molecule has 0 aromatic carbocycles. The molecule has 4 unspecified atom stereocenters. The SMILES string of the molecule is CO.CP(O)OC(COC/C(N=N)=N/N)OCC1CCC(n2ncc3c(NC4CCCC4)nc(Cl)nc32)O1. The van der Waals surface area contributed by atoms with Crippen molar-refractivity contribution in [1.82, 2.24) is 19.7 Å². The molecule has 2 aromatic rings. The minimum absolute atomic E-state index is 0.00605. The van der Waals surface area contributed by atoms with Crippen LogP contribution < -0.4 is 11.2 Å². The predicted molar refractivity (Wildman–Crippen MR) is 141 cm³/mol. The van der Waals surface area contributed by atoms with Gasteiger partial charge in [0, 0.05) is 19.8 Å². The van der Waals surface area contributed by atoms with E-state index in [-0.39, 0.29) is 43.3 Å². The Kier molecular flexibility index (Phi) is 12.4. The summed E-state index contributed by atoms with van der Waals surface area (Å²) in [4.78, 5) is 18.5. The van der Waals surface area contributed by atoms with Crippen molar-refractivity contribution in [3.63, 3.8) is 0 Å². The van der Waals surface area contributed by atoms with Crippen LogP contribution in [0.25, 0.3) is 11.0 Å². The maximum atomic E-state index is 9.66. The summed E-state index contributed by atoms with van der Waals surface area (Å²) in [6.07, 6.45) is 6.42. The third-order valence-corrected chi connectivity index (χ3v) is 6.69. The first-order chi connectivity index (χ1) is 18.5. The van der Waals surface area contributed by atoms with E-state index in [0.29, 0.717) is 23.9 Å². The van der Waals surface area contributed by atoms with Crippen LogP contribution in [0.1, 0.15) is 44.8 Å². The molecule has 15 nitrogen and oxygen atoms in total. The number of anilines is 1. The Hall–Kier alpha value is -2.10. The lowest BCUT2D eigenvalue weighted by Crippen LogP contribution is -2.28. The standard InChI is InChI=1S/C20H31ClN9O5P.CH4O/c1-36(31)35-17(11-32-10-15(28-22)29-23)33-9-13-6-7-16(34-13)30-19-14(8-24-30)18(26-20(21)27-19)25-12-4-2-3-5-12;1-2/h8,12-13,16-17,22,31H,2-7,9-11,23H2,1H3,(H,25,26,27);2H,1H3/b28-22?,29-15-;. The van der Waals surface area contributed by atoms with E-state index in [1.54, 1.807) is 10.9 Å². The summed E-state index contributed by atoms with van der Waals surface area (Å²) in [7, 11) is -0.681. The van der Waals surface area contributed by atoms with Crippen molar-refractivity contribution in [3.05, 3.63) is 11.5 Å². The van der Waals surface area contributed by atoms with Crippen LogP contribution in [-0.2, 0) is 18.7 Å². The van der Waals surface area contributed by atoms with Crippen molar-refractivity contribution in [1.29, 1.82) is 5.53 Å². The molecule has 1 saturated carbocycles. The van der Waals surface area contributed by atoms with Crippen LogP contribution >= 0.6 is 20.0 Å². The van der Waals surface area contributed by atoms with E-state index < -0.39 is 14.7 Å². The molecule has 0 radical (unpaired) electrons. The highest BCUT2D eigenvalue weighted by atomic mass is 35.5. The predicted octanol–water partition coefficient (Wildman–Crippen LogP) is 2.73. The number of ether oxygens (including phenoxy) is 3. The molecule has 0 spiro atoms. The molecule has 6 N–H and O–H groups in total. The summed E-state index contributed by atoms with van der Waals surface area (Å²) in [5, 5.41) is 22.4. The summed E-state index contributed by atoms with van der Waals surface area (Å²) in [6, 6.07) is 0.379. The average Bonchev–Trinajstić information content (AvgIpc) is 3.67. The van der Waals surface area contributed by atoms with Gasteiger partial charge in [0.05, 0.1) is 30.9 Å². The van der Waals surface area contributed by atoms with Crippen LogP contribution in [0.4, 0.5) is 5.82 Å². The normalized spacial score (nSPS) is 21.8. The van der Waals surface area contributed by atoms with Gasteiger partial charge in [0.1, 0.15) is 12.4 Å². The maximum absolute atomic E-state index is 9.66. The molecule has 2 aliphatic rings. The largest absolute Gasteiger partial charge is 0.400 e. The zero-order valence-corrected chi connectivity index (χ0v) is 23.0. The molecular formula is C21H35ClN9O6P. The molecule has 38 heavy (non-hydrogen) atoms. The van der Waals surface area contributed by atoms with Crippen LogP contribution in [0, 0.1) is 5.53 Å². The van der Waals surface area contributed by atoms with Crippen LogP contribution in [0.5, 0.6) is 0 Å². The number of nitrogens with zero attached hydrogens (tertiary/aromatic N) is 6. The maximum Gasteiger partial charge on any atom is 0.226 e. The lowest BCUT2D eigenvalue weighted by molar-refractivity contribution is -0.144. The zero-order valence-electron chi connectivity index (χ0n) is 21.4. The van der Waals surface area contributed by atoms with Gasteiger partial charge in [0.25, 0.3) is 0 Å². The van der Waals surface area contributed by atoms with Gasteiger partial charge in [0.15, 0.2) is 32.4 Å². The number of hydrogen-bond acceptors (Lipinski definition) is 13. The number of hydrazone groups is 1. The summed E-state index contributed by atoms with van der Waals surface area (Å²) in [5.74, 6) is 5.84. The van der Waals surface area contributed by atoms with E-state index in [2.05, 4.69) is 30.6 Å². The Bertz CT molecular complexity index is 1060. The number of halogens is 1. The van der Waals surface area contributed by atoms with Gasteiger partial charge in [-0.25, -0.2) is 10.2 Å². The van der Waals surface area contributed by atoms with E-state index >= 15 is 0 Å². The van der Waals surface area contributed by atoms with Crippen LogP contribution in [0.3, 0.4) is 0 Å². The third-order valence-electron chi connectivity index (χ3n) is 5.98. The molecule has 1 aliphatic heterocycles. The van der Waals surface area contributed by atoms with Crippen molar-refractivity contribution >= 4 is 42.7 Å². The summed E-state index contributed by atoms with van der Waals surface area (Å²) in [5.41, 5.74) is 7.56. The second-order valence-electron chi connectivity index (χ2n) is 8.59. The van der Waals surface area contributed by atoms with E-state index in [1.807, 2.05) is 0 Å². The Morgan fingerprint density at radius 2 is 2.11 bits per heavy atom. The Labute approximate surface area is 226 Å². The van der Waals surface area contributed by atoms with Gasteiger partial charge in [-0.3, -0.25) is 0 Å². The number of hydrogen-bond donors (Lipinski definition) is 5. The molecular weight excluding hydrogens is 541 g/mol. The van der Waals surface area contributed by atoms with Crippen LogP contribution in [0.15, 0.2) is 16.4 Å². The van der Waals surface area contributed by atoms with E-state index in [0.717, 1.165) is 31.8 Å². The van der Waals surface area contributed by atoms with E-state index in [1.165, 1.54) is 19.5 Å². The van der Waals surface area contributed by atoms with Crippen molar-refractivity contribution < 1.29 is 28.7 Å². The molecule has 4 atom stereocenters. The van der Waals surface area contributed by atoms with E-state index in [9.17, 15) is 4.89 Å². The number of fused-ring (bicyclic) bond motifs is 1. The fourth-order valence-electron chi connectivity index (χ4n) is 4.31. The van der Waals surface area contributed by atoms with Crippen LogP contribution in [-0.4, -0.2) is 87.6 Å². The molecule has 3 heterocycles. The molecule has 0 amide bonds. The first kappa shape index (κ1) is 30.4. The summed E-state index contributed by atoms with van der Waals surface area (Å²) in [6.45, 7) is 1.67. The number of aliphatic hydroxyl groups excluding tert-OH is 1. The molecule has 1 saturated heterocycles. The molecule has 212 valence electrons. The Morgan fingerprint density at radius 3 is 2.79 bits per heavy atom. The number of nitrogens with two attached hydrogens (primary N) is 1. The van der Waals surface area contributed by atoms with Gasteiger partial charge in [-0.2, -0.15) is 20.2 Å². The lowest BCUT2D eigenvalue weighted by atomic mass is 10.2. The highest BCUT2D eigenvalue weighted by Crippen LogP contribution is 2.34. The highest BCUT2D eigenvalue weighted by molar-refractivity contribution is 7.45. The number of aromatic nitrogens is 4. The van der Waals surface area contributed by atoms with Gasteiger partial charge in [0.2, 0.25) is 5.28 Å². The molecule has 2 aromatic heterocycles. The Morgan fingerprint density at radius 1 is 1.34 bits per heavy atom. The minimum atomic E-state index is -1.68. The van der Waals surface area contributed by atoms with Crippen molar-refractivity contribution in [2.45, 2.75) is 63.2 Å². The smallest absolute Gasteiger partial charge is 0.226 e. The fraction of sp³-hybridized carbons (Fsp3) is 0.714. The van der Waals surface area contributed by atoms with Gasteiger partial charge < -0.3 is 39.9 Å². The zero-order chi connectivity index (χ0) is 27.5. The minimum Gasteiger partial charge on any atom is -0.400 e. The average molecular weight is 576 g/mol. The third kappa shape index (κ3) is 8.45. The highest BCUT2D eigenvalue weighted by Gasteiger charge is 2.30. The quantitative estimate of drug-likeness (QED) is 0.0363. The second-order valence-corrected chi connectivity index (χ2v) is 10.1. The monoisotopic (exact) mass is 575 g/mol.